The molecule has 198 valence electrons. The van der Waals surface area contributed by atoms with Gasteiger partial charge < -0.3 is 9.47 Å². The fraction of sp³-hybridized carbons (Fsp3) is 0.452. The maximum absolute atomic E-state index is 14.5. The second kappa shape index (κ2) is 15.7. The van der Waals surface area contributed by atoms with Gasteiger partial charge in [-0.15, -0.1) is 0 Å². The first-order valence-electron chi connectivity index (χ1n) is 13.7. The summed E-state index contributed by atoms with van der Waals surface area (Å²) in [5.74, 6) is -0.580. The Hall–Kier alpha value is -3.28. The van der Waals surface area contributed by atoms with Crippen LogP contribution in [0.25, 0.3) is 11.3 Å². The van der Waals surface area contributed by atoms with Crippen LogP contribution >= 0.6 is 0 Å². The van der Waals surface area contributed by atoms with Crippen molar-refractivity contribution < 1.29 is 18.7 Å². The predicted molar refractivity (Wildman–Crippen MR) is 146 cm³/mol. The van der Waals surface area contributed by atoms with Crippen molar-refractivity contribution in [1.29, 1.82) is 0 Å². The van der Waals surface area contributed by atoms with Crippen LogP contribution in [0.5, 0.6) is 11.5 Å². The third-order valence-electron chi connectivity index (χ3n) is 6.30. The third kappa shape index (κ3) is 9.60. The average molecular weight is 507 g/mol. The van der Waals surface area contributed by atoms with E-state index in [0.29, 0.717) is 12.3 Å². The molecule has 1 heterocycles. The monoisotopic (exact) mass is 506 g/mol. The molecule has 0 spiro atoms. The van der Waals surface area contributed by atoms with Gasteiger partial charge in [-0.3, -0.25) is 4.98 Å². The fourth-order valence-corrected chi connectivity index (χ4v) is 4.07. The van der Waals surface area contributed by atoms with Crippen molar-refractivity contribution in [1.82, 2.24) is 9.97 Å². The van der Waals surface area contributed by atoms with E-state index in [2.05, 4.69) is 23.8 Å². The number of unbranched alkanes of at least 4 members (excludes halogenated alkanes) is 8. The third-order valence-corrected chi connectivity index (χ3v) is 6.30. The highest BCUT2D eigenvalue weighted by Gasteiger charge is 2.15. The molecule has 0 saturated heterocycles. The van der Waals surface area contributed by atoms with Gasteiger partial charge in [0.15, 0.2) is 17.3 Å². The molecule has 3 aromatic rings. The smallest absolute Gasteiger partial charge is 0.364 e. The molecule has 3 rings (SSSR count). The maximum Gasteiger partial charge on any atom is 0.364 e. The van der Waals surface area contributed by atoms with Gasteiger partial charge >= 0.3 is 5.97 Å². The molecular formula is C31H39FN2O3. The highest BCUT2D eigenvalue weighted by Crippen LogP contribution is 2.23. The minimum atomic E-state index is -0.742. The number of halogens is 1. The van der Waals surface area contributed by atoms with Gasteiger partial charge in [0.25, 0.3) is 0 Å². The molecule has 0 N–H and O–H groups in total. The standard InChI is InChI=1S/C31H39FN2O3/c1-3-5-7-9-10-11-13-24-14-19-30(27(32)21-24)37-31(35)29-23-33-28(22-34-29)25-15-17-26(18-16-25)36-20-12-8-6-4-2/h14-19,21-23H,3-13,20H2,1-2H3. The summed E-state index contributed by atoms with van der Waals surface area (Å²) in [6, 6.07) is 12.4. The molecule has 0 radical (unpaired) electrons. The first-order chi connectivity index (χ1) is 18.1. The molecule has 6 heteroatoms. The van der Waals surface area contributed by atoms with Gasteiger partial charge in [0.1, 0.15) is 5.75 Å². The maximum atomic E-state index is 14.5. The van der Waals surface area contributed by atoms with Crippen LogP contribution in [-0.2, 0) is 6.42 Å². The summed E-state index contributed by atoms with van der Waals surface area (Å²) in [5, 5.41) is 0. The number of nitrogens with zero attached hydrogens (tertiary/aromatic N) is 2. The quantitative estimate of drug-likeness (QED) is 0.111. The average Bonchev–Trinajstić information content (AvgIpc) is 2.92. The van der Waals surface area contributed by atoms with Crippen LogP contribution in [0.3, 0.4) is 0 Å². The van der Waals surface area contributed by atoms with E-state index in [1.807, 2.05) is 30.3 Å². The lowest BCUT2D eigenvalue weighted by Crippen LogP contribution is -2.12. The Kier molecular flexibility index (Phi) is 12.0. The molecule has 5 nitrogen and oxygen atoms in total. The van der Waals surface area contributed by atoms with Gasteiger partial charge in [-0.25, -0.2) is 14.2 Å². The molecule has 0 amide bonds. The zero-order valence-electron chi connectivity index (χ0n) is 22.2. The minimum Gasteiger partial charge on any atom is -0.494 e. The van der Waals surface area contributed by atoms with E-state index in [1.165, 1.54) is 69.5 Å². The summed E-state index contributed by atoms with van der Waals surface area (Å²) in [6.07, 6.45) is 15.5. The molecule has 0 unspecified atom stereocenters. The van der Waals surface area contributed by atoms with Crippen LogP contribution < -0.4 is 9.47 Å². The van der Waals surface area contributed by atoms with E-state index in [4.69, 9.17) is 9.47 Å². The summed E-state index contributed by atoms with van der Waals surface area (Å²) in [6.45, 7) is 5.09. The van der Waals surface area contributed by atoms with Crippen LogP contribution in [0.15, 0.2) is 54.9 Å². The number of aryl methyl sites for hydroxylation is 1. The number of hydrogen-bond acceptors (Lipinski definition) is 5. The summed E-state index contributed by atoms with van der Waals surface area (Å²) < 4.78 is 25.6. The number of carbonyl (C=O) groups is 1. The van der Waals surface area contributed by atoms with Gasteiger partial charge in [-0.2, -0.15) is 0 Å². The van der Waals surface area contributed by atoms with Crippen LogP contribution in [-0.4, -0.2) is 22.5 Å². The molecule has 1 aromatic heterocycles. The summed E-state index contributed by atoms with van der Waals surface area (Å²) in [4.78, 5) is 21.0. The lowest BCUT2D eigenvalue weighted by molar-refractivity contribution is 0.0721. The zero-order valence-corrected chi connectivity index (χ0v) is 22.2. The van der Waals surface area contributed by atoms with Crippen molar-refractivity contribution in [2.75, 3.05) is 6.61 Å². The van der Waals surface area contributed by atoms with Gasteiger partial charge in [0, 0.05) is 5.56 Å². The van der Waals surface area contributed by atoms with Gasteiger partial charge in [-0.1, -0.05) is 71.3 Å². The molecule has 0 aliphatic carbocycles. The van der Waals surface area contributed by atoms with E-state index in [-0.39, 0.29) is 11.4 Å². The first kappa shape index (κ1) is 28.3. The number of aromatic nitrogens is 2. The van der Waals surface area contributed by atoms with Crippen molar-refractivity contribution in [3.8, 4) is 22.8 Å². The van der Waals surface area contributed by atoms with Crippen LogP contribution in [0.2, 0.25) is 0 Å². The van der Waals surface area contributed by atoms with Crippen LogP contribution in [0.1, 0.15) is 94.1 Å². The highest BCUT2D eigenvalue weighted by molar-refractivity contribution is 5.88. The number of esters is 1. The number of carbonyl (C=O) groups excluding carboxylic acids is 1. The molecule has 37 heavy (non-hydrogen) atoms. The predicted octanol–water partition coefficient (Wildman–Crippen LogP) is 8.36. The Morgan fingerprint density at radius 1 is 0.811 bits per heavy atom. The lowest BCUT2D eigenvalue weighted by atomic mass is 10.0. The van der Waals surface area contributed by atoms with Crippen LogP contribution in [0.4, 0.5) is 4.39 Å². The summed E-state index contributed by atoms with van der Waals surface area (Å²) >= 11 is 0. The molecule has 0 bridgehead atoms. The minimum absolute atomic E-state index is 0.0198. The molecule has 0 saturated carbocycles. The Morgan fingerprint density at radius 3 is 2.19 bits per heavy atom. The first-order valence-corrected chi connectivity index (χ1v) is 13.7. The largest absolute Gasteiger partial charge is 0.494 e. The number of hydrogen-bond donors (Lipinski definition) is 0. The van der Waals surface area contributed by atoms with Crippen molar-refractivity contribution in [3.63, 3.8) is 0 Å². The Morgan fingerprint density at radius 2 is 1.51 bits per heavy atom. The SMILES string of the molecule is CCCCCCCCc1ccc(OC(=O)c2cnc(-c3ccc(OCCCCCC)cc3)cn2)c(F)c1. The molecule has 0 atom stereocenters. The second-order valence-corrected chi connectivity index (χ2v) is 9.39. The lowest BCUT2D eigenvalue weighted by Gasteiger charge is -2.08. The zero-order chi connectivity index (χ0) is 26.3. The Labute approximate surface area is 220 Å². The molecule has 0 aliphatic rings. The topological polar surface area (TPSA) is 61.3 Å². The van der Waals surface area contributed by atoms with Gasteiger partial charge in [0.05, 0.1) is 24.7 Å². The molecule has 0 aliphatic heterocycles. The van der Waals surface area contributed by atoms with Crippen molar-refractivity contribution in [3.05, 3.63) is 71.9 Å². The van der Waals surface area contributed by atoms with E-state index in [9.17, 15) is 9.18 Å². The van der Waals surface area contributed by atoms with E-state index >= 15 is 0 Å². The van der Waals surface area contributed by atoms with Crippen molar-refractivity contribution >= 4 is 5.97 Å². The number of ether oxygens (including phenoxy) is 2. The van der Waals surface area contributed by atoms with Crippen LogP contribution in [0, 0.1) is 5.82 Å². The van der Waals surface area contributed by atoms with Gasteiger partial charge in [0.2, 0.25) is 0 Å². The number of benzene rings is 2. The normalized spacial score (nSPS) is 10.9. The molecular weight excluding hydrogens is 467 g/mol. The molecule has 0 fully saturated rings. The Balaban J connectivity index is 1.49. The van der Waals surface area contributed by atoms with E-state index < -0.39 is 11.8 Å². The Bertz CT molecular complexity index is 1080. The molecule has 2 aromatic carbocycles. The highest BCUT2D eigenvalue weighted by atomic mass is 19.1. The summed E-state index contributed by atoms with van der Waals surface area (Å²) in [5.41, 5.74) is 2.41. The van der Waals surface area contributed by atoms with Gasteiger partial charge in [-0.05, 0) is 61.2 Å². The second-order valence-electron chi connectivity index (χ2n) is 9.39. The summed E-state index contributed by atoms with van der Waals surface area (Å²) in [7, 11) is 0. The van der Waals surface area contributed by atoms with Crippen molar-refractivity contribution in [2.24, 2.45) is 0 Å². The number of rotatable bonds is 16. The van der Waals surface area contributed by atoms with E-state index in [1.54, 1.807) is 0 Å². The van der Waals surface area contributed by atoms with E-state index in [0.717, 1.165) is 42.6 Å². The fourth-order valence-electron chi connectivity index (χ4n) is 4.07. The van der Waals surface area contributed by atoms with Crippen molar-refractivity contribution in [2.45, 2.75) is 84.5 Å².